The topological polar surface area (TPSA) is 0 Å². The summed E-state index contributed by atoms with van der Waals surface area (Å²) >= 11 is 0. The Bertz CT molecular complexity index is 738. The smallest absolute Gasteiger partial charge is 0.0397 e. The second-order valence-corrected chi connectivity index (χ2v) is 6.75. The predicted molar refractivity (Wildman–Crippen MR) is 94.3 cm³/mol. The van der Waals surface area contributed by atoms with E-state index in [-0.39, 0.29) is 5.41 Å². The lowest BCUT2D eigenvalue weighted by Gasteiger charge is -2.30. The monoisotopic (exact) mass is 286 g/mol. The summed E-state index contributed by atoms with van der Waals surface area (Å²) in [6, 6.07) is 13.9. The Morgan fingerprint density at radius 3 is 2.09 bits per heavy atom. The maximum Gasteiger partial charge on any atom is 0.0397 e. The largest absolute Gasteiger partial charge is 0.0845 e. The van der Waals surface area contributed by atoms with Crippen molar-refractivity contribution in [3.8, 4) is 11.1 Å². The van der Waals surface area contributed by atoms with E-state index in [0.717, 1.165) is 0 Å². The molecule has 0 nitrogen and oxygen atoms in total. The summed E-state index contributed by atoms with van der Waals surface area (Å²) in [6.45, 7) is 4.41. The number of hydrogen-bond acceptors (Lipinski definition) is 0. The fourth-order valence-electron chi connectivity index (χ4n) is 4.09. The zero-order valence-corrected chi connectivity index (χ0v) is 13.4. The zero-order chi connectivity index (χ0) is 15.2. The van der Waals surface area contributed by atoms with Crippen LogP contribution in [0.4, 0.5) is 0 Å². The summed E-state index contributed by atoms with van der Waals surface area (Å²) < 4.78 is 0. The van der Waals surface area contributed by atoms with Gasteiger partial charge in [-0.1, -0.05) is 71.8 Å². The first-order chi connectivity index (χ1) is 10.7. The molecule has 0 atom stereocenters. The molecular weight excluding hydrogens is 264 g/mol. The van der Waals surface area contributed by atoms with Gasteiger partial charge >= 0.3 is 0 Å². The van der Waals surface area contributed by atoms with Crippen LogP contribution in [0.3, 0.4) is 0 Å². The molecular formula is C22H22. The summed E-state index contributed by atoms with van der Waals surface area (Å²) in [7, 11) is 0. The highest BCUT2D eigenvalue weighted by atomic mass is 14.4. The van der Waals surface area contributed by atoms with Gasteiger partial charge in [0, 0.05) is 5.41 Å². The molecule has 0 saturated carbocycles. The first-order valence-corrected chi connectivity index (χ1v) is 8.28. The van der Waals surface area contributed by atoms with Crippen LogP contribution < -0.4 is 0 Å². The number of benzene rings is 2. The van der Waals surface area contributed by atoms with E-state index >= 15 is 0 Å². The third-order valence-electron chi connectivity index (χ3n) is 5.17. The van der Waals surface area contributed by atoms with Gasteiger partial charge in [0.25, 0.3) is 0 Å². The average Bonchev–Trinajstić information content (AvgIpc) is 2.73. The van der Waals surface area contributed by atoms with Gasteiger partial charge in [-0.25, -0.2) is 0 Å². The molecule has 2 aliphatic carbocycles. The molecule has 0 saturated heterocycles. The number of rotatable bonds is 0. The minimum Gasteiger partial charge on any atom is -0.0845 e. The molecule has 2 aromatic carbocycles. The number of fused-ring (bicyclic) bond motifs is 5. The molecule has 22 heavy (non-hydrogen) atoms. The van der Waals surface area contributed by atoms with Crippen molar-refractivity contribution in [1.29, 1.82) is 0 Å². The van der Waals surface area contributed by atoms with Crippen molar-refractivity contribution in [2.24, 2.45) is 0 Å². The fraction of sp³-hybridized carbons (Fsp3) is 0.273. The molecule has 1 spiro atoms. The third kappa shape index (κ3) is 1.90. The SMILES string of the molecule is Cc1ccc2c(c1)C1(/C=C\C=C/CCC1)c1cc(C)ccc1-2. The molecule has 0 bridgehead atoms. The molecule has 4 rings (SSSR count). The van der Waals surface area contributed by atoms with Gasteiger partial charge in [0.1, 0.15) is 0 Å². The molecule has 0 N–H and O–H groups in total. The van der Waals surface area contributed by atoms with Crippen LogP contribution >= 0.6 is 0 Å². The van der Waals surface area contributed by atoms with Gasteiger partial charge in [0.15, 0.2) is 0 Å². The van der Waals surface area contributed by atoms with Crippen molar-refractivity contribution in [2.75, 3.05) is 0 Å². The lowest BCUT2D eigenvalue weighted by atomic mass is 9.73. The first-order valence-electron chi connectivity index (χ1n) is 8.28. The van der Waals surface area contributed by atoms with Crippen LogP contribution in [0.25, 0.3) is 11.1 Å². The maximum absolute atomic E-state index is 2.44. The van der Waals surface area contributed by atoms with Crippen molar-refractivity contribution < 1.29 is 0 Å². The van der Waals surface area contributed by atoms with Gasteiger partial charge in [0.2, 0.25) is 0 Å². The molecule has 110 valence electrons. The van der Waals surface area contributed by atoms with Crippen LogP contribution in [0, 0.1) is 13.8 Å². The Hall–Kier alpha value is -2.08. The van der Waals surface area contributed by atoms with Crippen molar-refractivity contribution in [3.63, 3.8) is 0 Å². The summed E-state index contributed by atoms with van der Waals surface area (Å²) in [5.41, 5.74) is 8.62. The molecule has 0 fully saturated rings. The Morgan fingerprint density at radius 2 is 1.45 bits per heavy atom. The quantitative estimate of drug-likeness (QED) is 0.568. The summed E-state index contributed by atoms with van der Waals surface area (Å²) in [6.07, 6.45) is 12.8. The minimum atomic E-state index is 0.0630. The van der Waals surface area contributed by atoms with Gasteiger partial charge in [-0.05, 0) is 55.4 Å². The summed E-state index contributed by atoms with van der Waals surface area (Å²) in [5.74, 6) is 0. The second-order valence-electron chi connectivity index (χ2n) is 6.75. The Labute approximate surface area is 133 Å². The first kappa shape index (κ1) is 13.6. The van der Waals surface area contributed by atoms with Crippen LogP contribution in [-0.4, -0.2) is 0 Å². The summed E-state index contributed by atoms with van der Waals surface area (Å²) in [5, 5.41) is 0. The number of allylic oxidation sites excluding steroid dienone is 4. The Kier molecular flexibility index (Phi) is 3.07. The van der Waals surface area contributed by atoms with E-state index in [1.807, 2.05) is 0 Å². The normalized spacial score (nSPS) is 20.8. The number of aryl methyl sites for hydroxylation is 2. The highest BCUT2D eigenvalue weighted by Crippen LogP contribution is 2.53. The van der Waals surface area contributed by atoms with Crippen molar-refractivity contribution in [1.82, 2.24) is 0 Å². The highest BCUT2D eigenvalue weighted by Gasteiger charge is 2.40. The van der Waals surface area contributed by atoms with Crippen LogP contribution in [0.1, 0.15) is 41.5 Å². The third-order valence-corrected chi connectivity index (χ3v) is 5.17. The van der Waals surface area contributed by atoms with E-state index in [9.17, 15) is 0 Å². The van der Waals surface area contributed by atoms with E-state index in [2.05, 4.69) is 74.5 Å². The second kappa shape index (κ2) is 4.98. The van der Waals surface area contributed by atoms with Crippen LogP contribution in [0.2, 0.25) is 0 Å². The zero-order valence-electron chi connectivity index (χ0n) is 13.4. The molecule has 0 heteroatoms. The molecule has 0 amide bonds. The predicted octanol–water partition coefficient (Wildman–Crippen LogP) is 5.87. The van der Waals surface area contributed by atoms with E-state index < -0.39 is 0 Å². The molecule has 0 heterocycles. The molecule has 0 radical (unpaired) electrons. The van der Waals surface area contributed by atoms with Gasteiger partial charge in [-0.3, -0.25) is 0 Å². The average molecular weight is 286 g/mol. The minimum absolute atomic E-state index is 0.0630. The number of hydrogen-bond donors (Lipinski definition) is 0. The van der Waals surface area contributed by atoms with Gasteiger partial charge in [0.05, 0.1) is 0 Å². The van der Waals surface area contributed by atoms with Gasteiger partial charge in [-0.2, -0.15) is 0 Å². The molecule has 0 unspecified atom stereocenters. The van der Waals surface area contributed by atoms with Gasteiger partial charge < -0.3 is 0 Å². The molecule has 0 aliphatic heterocycles. The van der Waals surface area contributed by atoms with Crippen LogP contribution in [-0.2, 0) is 5.41 Å². The van der Waals surface area contributed by atoms with Crippen LogP contribution in [0.15, 0.2) is 60.7 Å². The van der Waals surface area contributed by atoms with Crippen molar-refractivity contribution in [2.45, 2.75) is 38.5 Å². The lowest BCUT2D eigenvalue weighted by Crippen LogP contribution is -2.23. The van der Waals surface area contributed by atoms with E-state index in [1.54, 1.807) is 0 Å². The fourth-order valence-corrected chi connectivity index (χ4v) is 4.09. The van der Waals surface area contributed by atoms with Crippen molar-refractivity contribution in [3.05, 3.63) is 83.0 Å². The molecule has 0 aromatic heterocycles. The van der Waals surface area contributed by atoms with Crippen molar-refractivity contribution >= 4 is 0 Å². The Morgan fingerprint density at radius 1 is 0.818 bits per heavy atom. The maximum atomic E-state index is 2.44. The standard InChI is InChI=1S/C22H22/c1-16-8-10-18-19-11-9-17(2)15-21(19)22(20(18)14-16)12-6-4-3-5-7-13-22/h3-4,6,8-12,14-15H,5,7,13H2,1-2H3/b4-3-,12-6-. The summed E-state index contributed by atoms with van der Waals surface area (Å²) in [4.78, 5) is 0. The Balaban J connectivity index is 2.05. The van der Waals surface area contributed by atoms with E-state index in [0.29, 0.717) is 0 Å². The van der Waals surface area contributed by atoms with Gasteiger partial charge in [-0.15, -0.1) is 0 Å². The molecule has 2 aromatic rings. The highest BCUT2D eigenvalue weighted by molar-refractivity contribution is 5.83. The van der Waals surface area contributed by atoms with E-state index in [4.69, 9.17) is 0 Å². The van der Waals surface area contributed by atoms with Crippen LogP contribution in [0.5, 0.6) is 0 Å². The van der Waals surface area contributed by atoms with E-state index in [1.165, 1.54) is 52.6 Å². The lowest BCUT2D eigenvalue weighted by molar-refractivity contribution is 0.562. The molecule has 2 aliphatic rings.